The summed E-state index contributed by atoms with van der Waals surface area (Å²) in [6.45, 7) is 12.5. The van der Waals surface area contributed by atoms with E-state index in [1.165, 1.54) is 30.4 Å². The summed E-state index contributed by atoms with van der Waals surface area (Å²) in [7, 11) is 1.84. The molecule has 2 aliphatic rings. The molecule has 2 fully saturated rings. The van der Waals surface area contributed by atoms with Crippen LogP contribution in [-0.2, 0) is 4.74 Å². The van der Waals surface area contributed by atoms with Crippen LogP contribution in [0.3, 0.4) is 0 Å². The summed E-state index contributed by atoms with van der Waals surface area (Å²) < 4.78 is 8.66. The Labute approximate surface area is 193 Å². The first kappa shape index (κ1) is 25.4. The molecule has 1 aromatic rings. The molecule has 3 rings (SSSR count). The topological polar surface area (TPSA) is 75.8 Å². The van der Waals surface area contributed by atoms with Crippen LogP contribution in [0.1, 0.15) is 84.7 Å². The molecule has 2 heterocycles. The minimum absolute atomic E-state index is 0.101. The fraction of sp³-hybridized carbons (Fsp3) is 0.917. The van der Waals surface area contributed by atoms with Crippen molar-refractivity contribution in [3.63, 3.8) is 0 Å². The average molecular weight is 452 g/mol. The van der Waals surface area contributed by atoms with Gasteiger partial charge >= 0.3 is 5.69 Å². The zero-order valence-electron chi connectivity index (χ0n) is 20.8. The molecule has 2 unspecified atom stereocenters. The van der Waals surface area contributed by atoms with Crippen molar-refractivity contribution in [2.24, 2.45) is 0 Å². The summed E-state index contributed by atoms with van der Waals surface area (Å²) in [6.07, 6.45) is 9.59. The summed E-state index contributed by atoms with van der Waals surface area (Å²) in [5.74, 6) is 0. The highest BCUT2D eigenvalue weighted by Gasteiger charge is 2.30. The predicted octanol–water partition coefficient (Wildman–Crippen LogP) is 2.68. The largest absolute Gasteiger partial charge is 0.391 e. The molecule has 0 spiro atoms. The number of ether oxygens (including phenoxy) is 1. The van der Waals surface area contributed by atoms with Crippen LogP contribution in [0.25, 0.3) is 0 Å². The van der Waals surface area contributed by atoms with E-state index in [0.717, 1.165) is 51.5 Å². The van der Waals surface area contributed by atoms with Gasteiger partial charge in [0.05, 0.1) is 18.2 Å². The molecule has 0 aromatic carbocycles. The van der Waals surface area contributed by atoms with Crippen LogP contribution >= 0.6 is 0 Å². The molecule has 1 aliphatic carbocycles. The Balaban J connectivity index is 1.48. The average Bonchev–Trinajstić information content (AvgIpc) is 3.20. The van der Waals surface area contributed by atoms with Crippen molar-refractivity contribution in [3.05, 3.63) is 16.8 Å². The number of aliphatic hydroxyl groups is 1. The molecule has 0 bridgehead atoms. The van der Waals surface area contributed by atoms with Crippen LogP contribution in [0.15, 0.2) is 11.1 Å². The number of piperazine rings is 1. The molecule has 0 radical (unpaired) electrons. The van der Waals surface area contributed by atoms with Gasteiger partial charge in [-0.15, -0.1) is 0 Å². The van der Waals surface area contributed by atoms with E-state index in [2.05, 4.69) is 28.7 Å². The lowest BCUT2D eigenvalue weighted by Gasteiger charge is -2.44. The second-order valence-electron chi connectivity index (χ2n) is 9.97. The molecule has 4 atom stereocenters. The minimum Gasteiger partial charge on any atom is -0.391 e. The van der Waals surface area contributed by atoms with E-state index in [1.807, 2.05) is 14.0 Å². The maximum atomic E-state index is 12.7. The molecular weight excluding hydrogens is 406 g/mol. The summed E-state index contributed by atoms with van der Waals surface area (Å²) in [4.78, 5) is 18.1. The van der Waals surface area contributed by atoms with E-state index < -0.39 is 6.10 Å². The number of hydrogen-bond donors (Lipinski definition) is 1. The highest BCUT2D eigenvalue weighted by Crippen LogP contribution is 2.27. The van der Waals surface area contributed by atoms with E-state index in [4.69, 9.17) is 4.74 Å². The van der Waals surface area contributed by atoms with Gasteiger partial charge in [0.2, 0.25) is 0 Å². The fourth-order valence-corrected chi connectivity index (χ4v) is 5.45. The molecule has 1 aromatic heterocycles. The van der Waals surface area contributed by atoms with E-state index in [9.17, 15) is 9.90 Å². The first-order valence-corrected chi connectivity index (χ1v) is 12.7. The van der Waals surface area contributed by atoms with Gasteiger partial charge in [-0.05, 0) is 65.7 Å². The first-order valence-electron chi connectivity index (χ1n) is 12.7. The lowest BCUT2D eigenvalue weighted by atomic mass is 9.91. The highest BCUT2D eigenvalue weighted by molar-refractivity contribution is 4.86. The van der Waals surface area contributed by atoms with Crippen LogP contribution < -0.4 is 5.69 Å². The molecule has 8 nitrogen and oxygen atoms in total. The van der Waals surface area contributed by atoms with E-state index in [1.54, 1.807) is 17.8 Å². The van der Waals surface area contributed by atoms with Crippen LogP contribution in [0, 0.1) is 0 Å². The predicted molar refractivity (Wildman–Crippen MR) is 127 cm³/mol. The molecule has 32 heavy (non-hydrogen) atoms. The monoisotopic (exact) mass is 451 g/mol. The smallest absolute Gasteiger partial charge is 0.346 e. The minimum atomic E-state index is -0.607. The molecule has 1 saturated carbocycles. The van der Waals surface area contributed by atoms with Crippen LogP contribution in [-0.4, -0.2) is 86.8 Å². The van der Waals surface area contributed by atoms with Crippen molar-refractivity contribution in [1.29, 1.82) is 0 Å². The van der Waals surface area contributed by atoms with Crippen LogP contribution in [0.2, 0.25) is 0 Å². The van der Waals surface area contributed by atoms with Crippen LogP contribution in [0.5, 0.6) is 0 Å². The maximum Gasteiger partial charge on any atom is 0.346 e. The Morgan fingerprint density at radius 1 is 1.09 bits per heavy atom. The van der Waals surface area contributed by atoms with Crippen molar-refractivity contribution >= 4 is 0 Å². The third-order valence-corrected chi connectivity index (χ3v) is 8.02. The molecule has 1 N–H and O–H groups in total. The van der Waals surface area contributed by atoms with Crippen molar-refractivity contribution in [2.75, 3.05) is 33.3 Å². The lowest BCUT2D eigenvalue weighted by molar-refractivity contribution is 0.0142. The summed E-state index contributed by atoms with van der Waals surface area (Å²) in [6, 6.07) is 1.07. The number of aliphatic hydroxyl groups excluding tert-OH is 1. The van der Waals surface area contributed by atoms with Crippen LogP contribution in [0.4, 0.5) is 0 Å². The molecule has 184 valence electrons. The Kier molecular flexibility index (Phi) is 9.34. The van der Waals surface area contributed by atoms with Crippen molar-refractivity contribution < 1.29 is 9.84 Å². The first-order chi connectivity index (χ1) is 15.3. The Bertz CT molecular complexity index is 732. The SMILES string of the molecule is CCC(CCC(C)n1cnn([C@@H](C)[C@@H](C)O)c1=O)N1CCN(C2CCC(OC)CC2)CC1. The zero-order valence-corrected chi connectivity index (χ0v) is 20.8. The van der Waals surface area contributed by atoms with Gasteiger partial charge in [-0.3, -0.25) is 14.4 Å². The number of nitrogens with zero attached hydrogens (tertiary/aromatic N) is 5. The molecule has 1 saturated heterocycles. The third-order valence-electron chi connectivity index (χ3n) is 8.02. The van der Waals surface area contributed by atoms with E-state index in [0.29, 0.717) is 12.1 Å². The Morgan fingerprint density at radius 3 is 2.31 bits per heavy atom. The number of rotatable bonds is 10. The number of aromatic nitrogens is 3. The van der Waals surface area contributed by atoms with Gasteiger partial charge in [0.1, 0.15) is 6.33 Å². The van der Waals surface area contributed by atoms with Gasteiger partial charge in [-0.1, -0.05) is 6.92 Å². The highest BCUT2D eigenvalue weighted by atomic mass is 16.5. The van der Waals surface area contributed by atoms with Crippen molar-refractivity contribution in [1.82, 2.24) is 24.1 Å². The molecule has 8 heteroatoms. The third kappa shape index (κ3) is 6.01. The van der Waals surface area contributed by atoms with Gasteiger partial charge in [0, 0.05) is 51.4 Å². The van der Waals surface area contributed by atoms with Gasteiger partial charge in [0.25, 0.3) is 0 Å². The molecular formula is C24H45N5O3. The van der Waals surface area contributed by atoms with E-state index in [-0.39, 0.29) is 17.8 Å². The fourth-order valence-electron chi connectivity index (χ4n) is 5.45. The van der Waals surface area contributed by atoms with Crippen molar-refractivity contribution in [2.45, 2.75) is 109 Å². The maximum absolute atomic E-state index is 12.7. The second kappa shape index (κ2) is 11.8. The molecule has 1 aliphatic heterocycles. The zero-order chi connectivity index (χ0) is 23.3. The van der Waals surface area contributed by atoms with Crippen molar-refractivity contribution in [3.8, 4) is 0 Å². The Hall–Kier alpha value is -1.22. The second-order valence-corrected chi connectivity index (χ2v) is 9.97. The summed E-state index contributed by atoms with van der Waals surface area (Å²) in [5, 5.41) is 14.0. The van der Waals surface area contributed by atoms with E-state index >= 15 is 0 Å². The van der Waals surface area contributed by atoms with Gasteiger partial charge in [0.15, 0.2) is 0 Å². The number of hydrogen-bond acceptors (Lipinski definition) is 6. The standard InChI is InChI=1S/C24H45N5O3/c1-6-21(8-7-18(2)28-17-25-29(24(28)31)19(3)20(4)30)26-13-15-27(16-14-26)22-9-11-23(32-5)12-10-22/h17-23,30H,6-16H2,1-5H3/t18?,19-,20+,21?,22?,23?/m0/s1. The number of methoxy groups -OCH3 is 1. The summed E-state index contributed by atoms with van der Waals surface area (Å²) in [5.41, 5.74) is -0.129. The van der Waals surface area contributed by atoms with Gasteiger partial charge in [-0.25, -0.2) is 9.48 Å². The lowest BCUT2D eigenvalue weighted by Crippen LogP contribution is -2.53. The van der Waals surface area contributed by atoms with Gasteiger partial charge in [-0.2, -0.15) is 5.10 Å². The Morgan fingerprint density at radius 2 is 1.75 bits per heavy atom. The quantitative estimate of drug-likeness (QED) is 0.589. The van der Waals surface area contributed by atoms with Gasteiger partial charge < -0.3 is 9.84 Å². The summed E-state index contributed by atoms with van der Waals surface area (Å²) >= 11 is 0. The normalized spacial score (nSPS) is 27.2. The molecule has 0 amide bonds.